The summed E-state index contributed by atoms with van der Waals surface area (Å²) < 4.78 is 15.5. The third kappa shape index (κ3) is 4.65. The van der Waals surface area contributed by atoms with E-state index in [4.69, 9.17) is 11.6 Å². The first-order valence-corrected chi connectivity index (χ1v) is 8.88. The summed E-state index contributed by atoms with van der Waals surface area (Å²) in [4.78, 5) is 0. The zero-order valence-corrected chi connectivity index (χ0v) is 16.0. The molecule has 0 saturated carbocycles. The molecule has 0 bridgehead atoms. The molecule has 0 heterocycles. The van der Waals surface area contributed by atoms with E-state index < -0.39 is 0 Å². The summed E-state index contributed by atoms with van der Waals surface area (Å²) in [5, 5.41) is 3.65. The highest BCUT2D eigenvalue weighted by molar-refractivity contribution is 14.1. The number of hydrogen-bond acceptors (Lipinski definition) is 1. The summed E-state index contributed by atoms with van der Waals surface area (Å²) in [5.74, 6) is -0.379. The molecule has 0 aliphatic rings. The first-order valence-electron chi connectivity index (χ1n) is 6.63. The van der Waals surface area contributed by atoms with Crippen LogP contribution >= 0.6 is 50.1 Å². The Morgan fingerprint density at radius 2 is 2.05 bits per heavy atom. The third-order valence-electron chi connectivity index (χ3n) is 3.21. The van der Waals surface area contributed by atoms with E-state index in [1.165, 1.54) is 15.2 Å². The molecule has 112 valence electrons. The van der Waals surface area contributed by atoms with Gasteiger partial charge in [0.1, 0.15) is 5.82 Å². The van der Waals surface area contributed by atoms with Gasteiger partial charge in [-0.3, -0.25) is 0 Å². The molecule has 1 nitrogen and oxygen atoms in total. The summed E-state index contributed by atoms with van der Waals surface area (Å²) in [6.45, 7) is 2.93. The second-order valence-corrected chi connectivity index (χ2v) is 7.24. The second-order valence-electron chi connectivity index (χ2n) is 4.73. The Morgan fingerprint density at radius 1 is 1.29 bits per heavy atom. The molecular formula is C16H15BrClFIN. The molecule has 1 unspecified atom stereocenters. The van der Waals surface area contributed by atoms with Crippen LogP contribution in [0.4, 0.5) is 4.39 Å². The minimum atomic E-state index is -0.379. The molecule has 2 aromatic carbocycles. The van der Waals surface area contributed by atoms with E-state index in [-0.39, 0.29) is 16.9 Å². The van der Waals surface area contributed by atoms with Crippen LogP contribution in [0, 0.1) is 9.39 Å². The lowest BCUT2D eigenvalue weighted by Gasteiger charge is -2.20. The van der Waals surface area contributed by atoms with Crippen molar-refractivity contribution in [1.29, 1.82) is 0 Å². The molecule has 5 heteroatoms. The average Bonchev–Trinajstić information content (AvgIpc) is 2.45. The van der Waals surface area contributed by atoms with E-state index in [0.717, 1.165) is 23.0 Å². The van der Waals surface area contributed by atoms with Crippen molar-refractivity contribution >= 4 is 50.1 Å². The van der Waals surface area contributed by atoms with Gasteiger partial charge < -0.3 is 5.32 Å². The van der Waals surface area contributed by atoms with Crippen molar-refractivity contribution in [1.82, 2.24) is 5.32 Å². The van der Waals surface area contributed by atoms with Gasteiger partial charge in [-0.15, -0.1) is 0 Å². The van der Waals surface area contributed by atoms with Gasteiger partial charge in [0.2, 0.25) is 0 Å². The number of likely N-dealkylation sites (N-methyl/N-ethyl adjacent to an activating group) is 1. The third-order valence-corrected chi connectivity index (χ3v) is 4.89. The maximum Gasteiger partial charge on any atom is 0.141 e. The fourth-order valence-corrected chi connectivity index (χ4v) is 3.46. The number of hydrogen-bond donors (Lipinski definition) is 1. The van der Waals surface area contributed by atoms with E-state index in [0.29, 0.717) is 0 Å². The predicted molar refractivity (Wildman–Crippen MR) is 98.4 cm³/mol. The molecule has 1 atom stereocenters. The van der Waals surface area contributed by atoms with Crippen molar-refractivity contribution in [2.45, 2.75) is 19.4 Å². The van der Waals surface area contributed by atoms with Gasteiger partial charge in [-0.05, 0) is 77.0 Å². The Morgan fingerprint density at radius 3 is 2.71 bits per heavy atom. The molecule has 0 saturated heterocycles. The van der Waals surface area contributed by atoms with E-state index in [9.17, 15) is 4.39 Å². The van der Waals surface area contributed by atoms with Crippen LogP contribution in [0.25, 0.3) is 0 Å². The summed E-state index contributed by atoms with van der Waals surface area (Å²) in [7, 11) is 0. The lowest BCUT2D eigenvalue weighted by Crippen LogP contribution is -2.23. The normalized spacial score (nSPS) is 12.4. The highest BCUT2D eigenvalue weighted by Crippen LogP contribution is 2.29. The molecule has 0 spiro atoms. The molecular weight excluding hydrogens is 467 g/mol. The molecule has 0 radical (unpaired) electrons. The first-order chi connectivity index (χ1) is 10.0. The van der Waals surface area contributed by atoms with Gasteiger partial charge in [0.15, 0.2) is 0 Å². The van der Waals surface area contributed by atoms with Crippen molar-refractivity contribution in [3.05, 3.63) is 66.4 Å². The minimum absolute atomic E-state index is 0.153. The number of nitrogens with one attached hydrogen (secondary N) is 1. The second kappa shape index (κ2) is 7.90. The Balaban J connectivity index is 2.30. The van der Waals surface area contributed by atoms with Gasteiger partial charge >= 0.3 is 0 Å². The van der Waals surface area contributed by atoms with Gasteiger partial charge in [0.05, 0.1) is 5.02 Å². The van der Waals surface area contributed by atoms with E-state index >= 15 is 0 Å². The van der Waals surface area contributed by atoms with E-state index in [2.05, 4.69) is 69.0 Å². The van der Waals surface area contributed by atoms with Crippen molar-refractivity contribution in [2.75, 3.05) is 6.54 Å². The fraction of sp³-hybridized carbons (Fsp3) is 0.250. The van der Waals surface area contributed by atoms with Crippen LogP contribution in [0.1, 0.15) is 24.1 Å². The van der Waals surface area contributed by atoms with Gasteiger partial charge in [-0.1, -0.05) is 40.5 Å². The van der Waals surface area contributed by atoms with Crippen LogP contribution < -0.4 is 5.32 Å². The molecule has 1 N–H and O–H groups in total. The summed E-state index contributed by atoms with van der Waals surface area (Å²) in [6.07, 6.45) is 0.756. The number of rotatable bonds is 5. The van der Waals surface area contributed by atoms with Crippen LogP contribution in [-0.4, -0.2) is 6.54 Å². The van der Waals surface area contributed by atoms with Crippen molar-refractivity contribution in [3.8, 4) is 0 Å². The molecule has 0 aliphatic carbocycles. The summed E-state index contributed by atoms with van der Waals surface area (Å²) in [5.41, 5.74) is 2.21. The zero-order valence-electron chi connectivity index (χ0n) is 11.5. The molecule has 2 rings (SSSR count). The predicted octanol–water partition coefficient (Wildman–Crippen LogP) is 5.74. The Labute approximate surface area is 151 Å². The number of benzene rings is 2. The highest BCUT2D eigenvalue weighted by Gasteiger charge is 2.15. The van der Waals surface area contributed by atoms with Crippen LogP contribution in [0.2, 0.25) is 5.02 Å². The van der Waals surface area contributed by atoms with Crippen LogP contribution in [0.3, 0.4) is 0 Å². The van der Waals surface area contributed by atoms with E-state index in [1.807, 2.05) is 0 Å². The fourth-order valence-electron chi connectivity index (χ4n) is 2.22. The Hall–Kier alpha value is -0.170. The van der Waals surface area contributed by atoms with Crippen molar-refractivity contribution < 1.29 is 4.39 Å². The largest absolute Gasteiger partial charge is 0.310 e. The highest BCUT2D eigenvalue weighted by atomic mass is 127. The molecule has 0 aromatic heterocycles. The maximum absolute atomic E-state index is 13.3. The molecule has 0 amide bonds. The SMILES string of the molecule is CCNC(Cc1ccc(F)c(Cl)c1)c1cc(I)ccc1Br. The van der Waals surface area contributed by atoms with Gasteiger partial charge in [-0.2, -0.15) is 0 Å². The summed E-state index contributed by atoms with van der Waals surface area (Å²) in [6, 6.07) is 11.3. The first kappa shape index (κ1) is 17.2. The minimum Gasteiger partial charge on any atom is -0.310 e. The lowest BCUT2D eigenvalue weighted by atomic mass is 9.99. The maximum atomic E-state index is 13.3. The zero-order chi connectivity index (χ0) is 15.4. The quantitative estimate of drug-likeness (QED) is 0.536. The topological polar surface area (TPSA) is 12.0 Å². The smallest absolute Gasteiger partial charge is 0.141 e. The van der Waals surface area contributed by atoms with Crippen LogP contribution in [-0.2, 0) is 6.42 Å². The van der Waals surface area contributed by atoms with Crippen molar-refractivity contribution in [2.24, 2.45) is 0 Å². The van der Waals surface area contributed by atoms with Crippen LogP contribution in [0.5, 0.6) is 0 Å². The molecule has 0 fully saturated rings. The van der Waals surface area contributed by atoms with E-state index in [1.54, 1.807) is 12.1 Å². The van der Waals surface area contributed by atoms with Crippen LogP contribution in [0.15, 0.2) is 40.9 Å². The monoisotopic (exact) mass is 481 g/mol. The van der Waals surface area contributed by atoms with Gasteiger partial charge in [0.25, 0.3) is 0 Å². The Bertz CT molecular complexity index is 636. The molecule has 21 heavy (non-hydrogen) atoms. The summed E-state index contributed by atoms with van der Waals surface area (Å²) >= 11 is 11.8. The average molecular weight is 483 g/mol. The standard InChI is InChI=1S/C16H15BrClFIN/c1-2-21-16(12-9-11(20)4-5-13(12)17)8-10-3-6-15(19)14(18)7-10/h3-7,9,16,21H,2,8H2,1H3. The molecule has 2 aromatic rings. The Kier molecular flexibility index (Phi) is 6.47. The number of halogens is 4. The van der Waals surface area contributed by atoms with Gasteiger partial charge in [0, 0.05) is 14.1 Å². The van der Waals surface area contributed by atoms with Gasteiger partial charge in [-0.25, -0.2) is 4.39 Å². The lowest BCUT2D eigenvalue weighted by molar-refractivity contribution is 0.546. The van der Waals surface area contributed by atoms with Crippen molar-refractivity contribution in [3.63, 3.8) is 0 Å². The molecule has 0 aliphatic heterocycles.